The van der Waals surface area contributed by atoms with Crippen molar-refractivity contribution in [2.45, 2.75) is 64.0 Å². The lowest BCUT2D eigenvalue weighted by atomic mass is 10.0. The van der Waals surface area contributed by atoms with E-state index in [-0.39, 0.29) is 22.9 Å². The summed E-state index contributed by atoms with van der Waals surface area (Å²) in [6, 6.07) is 11.4. The first kappa shape index (κ1) is 25.6. The highest BCUT2D eigenvalue weighted by molar-refractivity contribution is 7.92. The van der Waals surface area contributed by atoms with Crippen molar-refractivity contribution in [1.29, 1.82) is 0 Å². The van der Waals surface area contributed by atoms with E-state index >= 15 is 0 Å². The molecule has 1 fully saturated rings. The molecule has 0 aromatic heterocycles. The second kappa shape index (κ2) is 10.0. The molecule has 0 spiro atoms. The Labute approximate surface area is 201 Å². The Morgan fingerprint density at radius 2 is 1.62 bits per heavy atom. The number of hydrogen-bond donors (Lipinski definition) is 2. The van der Waals surface area contributed by atoms with Crippen molar-refractivity contribution in [1.82, 2.24) is 10.2 Å². The third-order valence-corrected chi connectivity index (χ3v) is 6.93. The molecule has 0 atom stereocenters. The van der Waals surface area contributed by atoms with Crippen molar-refractivity contribution < 1.29 is 22.7 Å². The van der Waals surface area contributed by atoms with E-state index in [0.29, 0.717) is 42.7 Å². The zero-order chi connectivity index (χ0) is 25.1. The van der Waals surface area contributed by atoms with Crippen LogP contribution in [0.15, 0.2) is 47.4 Å². The lowest BCUT2D eigenvalue weighted by Crippen LogP contribution is -2.47. The van der Waals surface area contributed by atoms with Gasteiger partial charge in [0.2, 0.25) is 0 Å². The fourth-order valence-electron chi connectivity index (χ4n) is 3.64. The zero-order valence-corrected chi connectivity index (χ0v) is 21.2. The molecule has 0 aliphatic carbocycles. The van der Waals surface area contributed by atoms with Gasteiger partial charge in [-0.3, -0.25) is 9.52 Å². The number of benzene rings is 2. The number of piperidine rings is 1. The molecule has 3 rings (SSSR count). The number of anilines is 1. The van der Waals surface area contributed by atoms with Gasteiger partial charge < -0.3 is 15.0 Å². The molecule has 2 N–H and O–H groups in total. The summed E-state index contributed by atoms with van der Waals surface area (Å²) in [5.41, 5.74) is 1.90. The lowest BCUT2D eigenvalue weighted by Gasteiger charge is -2.33. The molecule has 34 heavy (non-hydrogen) atoms. The first-order chi connectivity index (χ1) is 15.8. The van der Waals surface area contributed by atoms with Crippen LogP contribution in [0.1, 0.15) is 55.1 Å². The van der Waals surface area contributed by atoms with E-state index in [1.807, 2.05) is 39.8 Å². The van der Waals surface area contributed by atoms with E-state index in [2.05, 4.69) is 10.0 Å². The van der Waals surface area contributed by atoms with Gasteiger partial charge in [-0.25, -0.2) is 13.2 Å². The third kappa shape index (κ3) is 6.72. The summed E-state index contributed by atoms with van der Waals surface area (Å²) in [5, 5.41) is 2.99. The zero-order valence-electron chi connectivity index (χ0n) is 20.3. The van der Waals surface area contributed by atoms with Gasteiger partial charge in [0.25, 0.3) is 15.9 Å². The number of likely N-dealkylation sites (tertiary alicyclic amines) is 1. The van der Waals surface area contributed by atoms with Gasteiger partial charge in [0.05, 0.1) is 4.90 Å². The summed E-state index contributed by atoms with van der Waals surface area (Å²) in [4.78, 5) is 26.9. The van der Waals surface area contributed by atoms with Crippen molar-refractivity contribution in [3.8, 4) is 0 Å². The maximum Gasteiger partial charge on any atom is 0.410 e. The quantitative estimate of drug-likeness (QED) is 0.657. The predicted octanol–water partition coefficient (Wildman–Crippen LogP) is 4.23. The molecule has 2 amide bonds. The molecular weight excluding hydrogens is 454 g/mol. The molecule has 9 heteroatoms. The highest BCUT2D eigenvalue weighted by Gasteiger charge is 2.28. The molecule has 184 valence electrons. The number of amides is 2. The van der Waals surface area contributed by atoms with Crippen LogP contribution in [0.25, 0.3) is 0 Å². The maximum atomic E-state index is 13.0. The highest BCUT2D eigenvalue weighted by atomic mass is 32.2. The molecular formula is C25H33N3O5S. The van der Waals surface area contributed by atoms with Crippen molar-refractivity contribution >= 4 is 27.7 Å². The van der Waals surface area contributed by atoms with E-state index in [9.17, 15) is 18.0 Å². The van der Waals surface area contributed by atoms with Gasteiger partial charge in [-0.05, 0) is 77.3 Å². The van der Waals surface area contributed by atoms with Crippen LogP contribution in [0, 0.1) is 13.8 Å². The monoisotopic (exact) mass is 487 g/mol. The van der Waals surface area contributed by atoms with Crippen LogP contribution in [0.4, 0.5) is 10.5 Å². The molecule has 0 saturated carbocycles. The van der Waals surface area contributed by atoms with Gasteiger partial charge in [0.15, 0.2) is 0 Å². The fourth-order valence-corrected chi connectivity index (χ4v) is 4.73. The Bertz CT molecular complexity index is 1150. The van der Waals surface area contributed by atoms with Gasteiger partial charge >= 0.3 is 6.09 Å². The number of carbonyl (C=O) groups excluding carboxylic acids is 2. The molecule has 2 aromatic carbocycles. The van der Waals surface area contributed by atoms with Gasteiger partial charge in [-0.15, -0.1) is 0 Å². The minimum Gasteiger partial charge on any atom is -0.444 e. The number of carbonyl (C=O) groups is 2. The van der Waals surface area contributed by atoms with Crippen LogP contribution >= 0.6 is 0 Å². The largest absolute Gasteiger partial charge is 0.444 e. The van der Waals surface area contributed by atoms with Gasteiger partial charge in [-0.1, -0.05) is 23.8 Å². The van der Waals surface area contributed by atoms with Crippen LogP contribution in [0.5, 0.6) is 0 Å². The Morgan fingerprint density at radius 1 is 1.00 bits per heavy atom. The molecule has 1 heterocycles. The van der Waals surface area contributed by atoms with E-state index in [4.69, 9.17) is 4.74 Å². The standard InChI is InChI=1S/C25H33N3O5S/c1-17-6-9-20(10-7-17)27-34(31,32)21-11-8-18(2)22(16-21)23(29)26-19-12-14-28(15-13-19)24(30)33-25(3,4)5/h6-11,16,19,27H,12-15H2,1-5H3,(H,26,29). The molecule has 8 nitrogen and oxygen atoms in total. The second-order valence-corrected chi connectivity index (χ2v) is 11.3. The van der Waals surface area contributed by atoms with Gasteiger partial charge in [-0.2, -0.15) is 0 Å². The average Bonchev–Trinajstić information content (AvgIpc) is 2.74. The maximum absolute atomic E-state index is 13.0. The Morgan fingerprint density at radius 3 is 2.21 bits per heavy atom. The van der Waals surface area contributed by atoms with E-state index in [1.165, 1.54) is 12.1 Å². The predicted molar refractivity (Wildman–Crippen MR) is 131 cm³/mol. The van der Waals surface area contributed by atoms with E-state index in [1.54, 1.807) is 30.0 Å². The Hall–Kier alpha value is -3.07. The number of ether oxygens (including phenoxy) is 1. The first-order valence-electron chi connectivity index (χ1n) is 11.3. The summed E-state index contributed by atoms with van der Waals surface area (Å²) >= 11 is 0. The first-order valence-corrected chi connectivity index (χ1v) is 12.8. The molecule has 0 bridgehead atoms. The molecule has 2 aromatic rings. The van der Waals surface area contributed by atoms with Crippen LogP contribution in [-0.4, -0.2) is 50.1 Å². The minimum atomic E-state index is -3.85. The summed E-state index contributed by atoms with van der Waals surface area (Å²) in [6.07, 6.45) is 0.834. The van der Waals surface area contributed by atoms with Crippen LogP contribution in [-0.2, 0) is 14.8 Å². The number of rotatable bonds is 5. The third-order valence-electron chi connectivity index (χ3n) is 5.55. The number of sulfonamides is 1. The molecule has 1 aliphatic heterocycles. The SMILES string of the molecule is Cc1ccc(NS(=O)(=O)c2ccc(C)c(C(=O)NC3CCN(C(=O)OC(C)(C)C)CC3)c2)cc1. The van der Waals surface area contributed by atoms with Crippen LogP contribution < -0.4 is 10.0 Å². The van der Waals surface area contributed by atoms with Gasteiger partial charge in [0, 0.05) is 30.4 Å². The van der Waals surface area contributed by atoms with E-state index in [0.717, 1.165) is 5.56 Å². The van der Waals surface area contributed by atoms with Crippen molar-refractivity contribution in [2.24, 2.45) is 0 Å². The van der Waals surface area contributed by atoms with E-state index < -0.39 is 15.6 Å². The summed E-state index contributed by atoms with van der Waals surface area (Å²) in [5.74, 6) is -0.333. The summed E-state index contributed by atoms with van der Waals surface area (Å²) in [6.45, 7) is 10.1. The summed E-state index contributed by atoms with van der Waals surface area (Å²) in [7, 11) is -3.85. The summed E-state index contributed by atoms with van der Waals surface area (Å²) < 4.78 is 33.7. The molecule has 0 radical (unpaired) electrons. The lowest BCUT2D eigenvalue weighted by molar-refractivity contribution is 0.0199. The van der Waals surface area contributed by atoms with Crippen molar-refractivity contribution in [2.75, 3.05) is 17.8 Å². The molecule has 0 unspecified atom stereocenters. The Kier molecular flexibility index (Phi) is 7.55. The highest BCUT2D eigenvalue weighted by Crippen LogP contribution is 2.21. The van der Waals surface area contributed by atoms with Crippen LogP contribution in [0.3, 0.4) is 0 Å². The Balaban J connectivity index is 1.65. The topological polar surface area (TPSA) is 105 Å². The molecule has 1 saturated heterocycles. The minimum absolute atomic E-state index is 0.0172. The molecule has 1 aliphatic rings. The average molecular weight is 488 g/mol. The smallest absolute Gasteiger partial charge is 0.410 e. The van der Waals surface area contributed by atoms with Crippen molar-refractivity contribution in [3.05, 3.63) is 59.2 Å². The second-order valence-electron chi connectivity index (χ2n) is 9.66. The van der Waals surface area contributed by atoms with Gasteiger partial charge in [0.1, 0.15) is 5.60 Å². The normalized spacial score (nSPS) is 15.0. The number of aryl methyl sites for hydroxylation is 2. The number of hydrogen-bond acceptors (Lipinski definition) is 5. The number of nitrogens with one attached hydrogen (secondary N) is 2. The fraction of sp³-hybridized carbons (Fsp3) is 0.440. The van der Waals surface area contributed by atoms with Crippen molar-refractivity contribution in [3.63, 3.8) is 0 Å². The number of nitrogens with zero attached hydrogens (tertiary/aromatic N) is 1. The van der Waals surface area contributed by atoms with Crippen LogP contribution in [0.2, 0.25) is 0 Å².